The van der Waals surface area contributed by atoms with Gasteiger partial charge >= 0.3 is 0 Å². The van der Waals surface area contributed by atoms with Gasteiger partial charge in [-0.3, -0.25) is 4.98 Å². The summed E-state index contributed by atoms with van der Waals surface area (Å²) in [7, 11) is 0. The van der Waals surface area contributed by atoms with Crippen LogP contribution in [0.1, 0.15) is 53.6 Å². The number of hydrogen-bond donors (Lipinski definition) is 0. The van der Waals surface area contributed by atoms with Crippen LogP contribution in [0.5, 0.6) is 0 Å². The molecular weight excluding hydrogens is 158 g/mol. The molecule has 1 heteroatoms. The molecule has 0 N–H and O–H groups in total. The van der Waals surface area contributed by atoms with Crippen molar-refractivity contribution >= 4 is 0 Å². The smallest absolute Gasteiger partial charge is 0.0475 e. The molecule has 2 aliphatic rings. The summed E-state index contributed by atoms with van der Waals surface area (Å²) in [5, 5.41) is 0. The third-order valence-electron chi connectivity index (χ3n) is 3.65. The van der Waals surface area contributed by atoms with Gasteiger partial charge in [0.15, 0.2) is 0 Å². The van der Waals surface area contributed by atoms with Gasteiger partial charge in [-0.05, 0) is 56.2 Å². The molecule has 1 aromatic rings. The summed E-state index contributed by atoms with van der Waals surface area (Å²) in [6, 6.07) is 2.24. The molecule has 1 aromatic heterocycles. The lowest BCUT2D eigenvalue weighted by Crippen LogP contribution is -2.04. The molecule has 0 amide bonds. The Morgan fingerprint density at radius 3 is 2.85 bits per heavy atom. The monoisotopic (exact) mass is 173 g/mol. The van der Waals surface area contributed by atoms with Crippen molar-refractivity contribution in [3.8, 4) is 0 Å². The number of fused-ring (bicyclic) bond motifs is 5. The Hall–Kier alpha value is -0.850. The number of nitrogens with zero attached hydrogens (tertiary/aromatic N) is 1. The van der Waals surface area contributed by atoms with Crippen LogP contribution < -0.4 is 0 Å². The van der Waals surface area contributed by atoms with Crippen molar-refractivity contribution in [3.05, 3.63) is 28.6 Å². The summed E-state index contributed by atoms with van der Waals surface area (Å²) in [5.74, 6) is 1.66. The maximum Gasteiger partial charge on any atom is 0.0475 e. The topological polar surface area (TPSA) is 12.9 Å². The number of aromatic nitrogens is 1. The van der Waals surface area contributed by atoms with Crippen molar-refractivity contribution < 1.29 is 0 Å². The SMILES string of the molecule is Cc1cc(C)c2c(n1)[C@H]1CC[C@@H]2C1. The Morgan fingerprint density at radius 2 is 2.00 bits per heavy atom. The van der Waals surface area contributed by atoms with Crippen LogP contribution in [0.3, 0.4) is 0 Å². The van der Waals surface area contributed by atoms with Gasteiger partial charge in [0.25, 0.3) is 0 Å². The average Bonchev–Trinajstić information content (AvgIpc) is 2.62. The van der Waals surface area contributed by atoms with E-state index in [4.69, 9.17) is 4.98 Å². The minimum atomic E-state index is 0.804. The summed E-state index contributed by atoms with van der Waals surface area (Å²) in [4.78, 5) is 4.70. The van der Waals surface area contributed by atoms with Gasteiger partial charge < -0.3 is 0 Å². The third-order valence-corrected chi connectivity index (χ3v) is 3.65. The molecule has 13 heavy (non-hydrogen) atoms. The Bertz CT molecular complexity index is 368. The van der Waals surface area contributed by atoms with Gasteiger partial charge in [0.05, 0.1) is 0 Å². The maximum atomic E-state index is 4.70. The standard InChI is InChI=1S/C12H15N/c1-7-5-8(2)13-12-10-4-3-9(6-10)11(7)12/h5,9-10H,3-4,6H2,1-2H3/t9-,10+/m1/s1. The second-order valence-corrected chi connectivity index (χ2v) is 4.59. The average molecular weight is 173 g/mol. The zero-order valence-electron chi connectivity index (χ0n) is 8.30. The fourth-order valence-corrected chi connectivity index (χ4v) is 3.21. The molecule has 68 valence electrons. The van der Waals surface area contributed by atoms with Gasteiger partial charge in [0.1, 0.15) is 0 Å². The van der Waals surface area contributed by atoms with Crippen molar-refractivity contribution in [2.75, 3.05) is 0 Å². The van der Waals surface area contributed by atoms with Crippen LogP contribution in [0.4, 0.5) is 0 Å². The van der Waals surface area contributed by atoms with E-state index in [0.717, 1.165) is 11.8 Å². The summed E-state index contributed by atoms with van der Waals surface area (Å²) in [6.07, 6.45) is 4.17. The first-order valence-corrected chi connectivity index (χ1v) is 5.23. The second kappa shape index (κ2) is 2.34. The fraction of sp³-hybridized carbons (Fsp3) is 0.583. The van der Waals surface area contributed by atoms with Crippen LogP contribution in [0, 0.1) is 13.8 Å². The number of hydrogen-bond acceptors (Lipinski definition) is 1. The van der Waals surface area contributed by atoms with Gasteiger partial charge in [-0.25, -0.2) is 0 Å². The molecule has 2 bridgehead atoms. The van der Waals surface area contributed by atoms with Gasteiger partial charge in [0, 0.05) is 17.3 Å². The van der Waals surface area contributed by atoms with Gasteiger partial charge in [0.2, 0.25) is 0 Å². The molecule has 2 atom stereocenters. The normalized spacial score (nSPS) is 29.4. The Kier molecular flexibility index (Phi) is 1.36. The predicted octanol–water partition coefficient (Wildman–Crippen LogP) is 3.06. The number of pyridine rings is 1. The lowest BCUT2D eigenvalue weighted by Gasteiger charge is -2.16. The van der Waals surface area contributed by atoms with Gasteiger partial charge in [-0.2, -0.15) is 0 Å². The quantitative estimate of drug-likeness (QED) is 0.587. The molecule has 1 nitrogen and oxygen atoms in total. The zero-order valence-corrected chi connectivity index (χ0v) is 8.30. The first kappa shape index (κ1) is 7.54. The molecule has 0 aromatic carbocycles. The molecule has 0 radical (unpaired) electrons. The number of aryl methyl sites for hydroxylation is 2. The molecule has 0 unspecified atom stereocenters. The van der Waals surface area contributed by atoms with Crippen LogP contribution in [0.15, 0.2) is 6.07 Å². The van der Waals surface area contributed by atoms with E-state index in [-0.39, 0.29) is 0 Å². The highest BCUT2D eigenvalue weighted by atomic mass is 14.7. The van der Waals surface area contributed by atoms with Gasteiger partial charge in [-0.15, -0.1) is 0 Å². The van der Waals surface area contributed by atoms with Crippen LogP contribution in [0.25, 0.3) is 0 Å². The van der Waals surface area contributed by atoms with Crippen molar-refractivity contribution in [1.29, 1.82) is 0 Å². The van der Waals surface area contributed by atoms with Crippen molar-refractivity contribution in [2.45, 2.75) is 44.9 Å². The molecule has 1 saturated carbocycles. The molecule has 1 heterocycles. The molecule has 0 spiro atoms. The summed E-state index contributed by atoms with van der Waals surface area (Å²) < 4.78 is 0. The minimum absolute atomic E-state index is 0.804. The molecular formula is C12H15N. The van der Waals surface area contributed by atoms with Crippen LogP contribution in [-0.2, 0) is 0 Å². The lowest BCUT2D eigenvalue weighted by molar-refractivity contribution is 0.690. The second-order valence-electron chi connectivity index (χ2n) is 4.59. The lowest BCUT2D eigenvalue weighted by atomic mass is 9.92. The van der Waals surface area contributed by atoms with E-state index in [2.05, 4.69) is 19.9 Å². The first-order valence-electron chi connectivity index (χ1n) is 5.23. The summed E-state index contributed by atoms with van der Waals surface area (Å²) in [5.41, 5.74) is 5.72. The summed E-state index contributed by atoms with van der Waals surface area (Å²) in [6.45, 7) is 4.35. The number of rotatable bonds is 0. The fourth-order valence-electron chi connectivity index (χ4n) is 3.21. The maximum absolute atomic E-state index is 4.70. The van der Waals surface area contributed by atoms with E-state index >= 15 is 0 Å². The van der Waals surface area contributed by atoms with E-state index in [1.54, 1.807) is 5.56 Å². The largest absolute Gasteiger partial charge is 0.258 e. The van der Waals surface area contributed by atoms with E-state index in [1.165, 1.54) is 36.2 Å². The van der Waals surface area contributed by atoms with Crippen LogP contribution in [-0.4, -0.2) is 4.98 Å². The van der Waals surface area contributed by atoms with E-state index in [0.29, 0.717) is 0 Å². The Balaban J connectivity index is 2.26. The molecule has 2 aliphatic carbocycles. The third kappa shape index (κ3) is 0.903. The first-order chi connectivity index (χ1) is 6.25. The van der Waals surface area contributed by atoms with Crippen molar-refractivity contribution in [2.24, 2.45) is 0 Å². The summed E-state index contributed by atoms with van der Waals surface area (Å²) >= 11 is 0. The van der Waals surface area contributed by atoms with Gasteiger partial charge in [-0.1, -0.05) is 0 Å². The van der Waals surface area contributed by atoms with E-state index in [9.17, 15) is 0 Å². The highest BCUT2D eigenvalue weighted by Gasteiger charge is 2.38. The molecule has 0 saturated heterocycles. The predicted molar refractivity (Wildman–Crippen MR) is 53.0 cm³/mol. The molecule has 3 rings (SSSR count). The van der Waals surface area contributed by atoms with E-state index in [1.807, 2.05) is 0 Å². The molecule has 0 aliphatic heterocycles. The minimum Gasteiger partial charge on any atom is -0.258 e. The van der Waals surface area contributed by atoms with E-state index < -0.39 is 0 Å². The molecule has 1 fully saturated rings. The highest BCUT2D eigenvalue weighted by molar-refractivity contribution is 5.42. The Morgan fingerprint density at radius 1 is 1.23 bits per heavy atom. The zero-order chi connectivity index (χ0) is 9.00. The van der Waals surface area contributed by atoms with Crippen LogP contribution >= 0.6 is 0 Å². The van der Waals surface area contributed by atoms with Crippen molar-refractivity contribution in [3.63, 3.8) is 0 Å². The highest BCUT2D eigenvalue weighted by Crippen LogP contribution is 2.53. The Labute approximate surface area is 79.2 Å². The van der Waals surface area contributed by atoms with Crippen LogP contribution in [0.2, 0.25) is 0 Å². The van der Waals surface area contributed by atoms with Crippen molar-refractivity contribution in [1.82, 2.24) is 4.98 Å².